The average Bonchev–Trinajstić information content (AvgIpc) is 2.79. The highest BCUT2D eigenvalue weighted by Gasteiger charge is 2.11. The standard InChI is InChI=1S/C25H24N2O4/c1-18(28)19-13-15-21(16-14-19)31-17-7-12-24(29)26-22-10-5-6-11-23(22)27-25(30)20-8-3-2-4-9-20/h2-6,8-11,13-16H,7,12,17H2,1H3,(H,26,29)(H,27,30). The van der Waals surface area contributed by atoms with Gasteiger partial charge < -0.3 is 15.4 Å². The molecule has 3 rings (SSSR count). The van der Waals surface area contributed by atoms with Crippen molar-refractivity contribution < 1.29 is 19.1 Å². The molecule has 3 aromatic rings. The number of nitrogens with one attached hydrogen (secondary N) is 2. The van der Waals surface area contributed by atoms with Crippen LogP contribution in [0.3, 0.4) is 0 Å². The number of Topliss-reactive ketones (excluding diaryl/α,β-unsaturated/α-hetero) is 1. The molecule has 0 aliphatic carbocycles. The van der Waals surface area contributed by atoms with Crippen LogP contribution in [0.15, 0.2) is 78.9 Å². The Kier molecular flexibility index (Phi) is 7.54. The van der Waals surface area contributed by atoms with Crippen LogP contribution in [0.1, 0.15) is 40.5 Å². The quantitative estimate of drug-likeness (QED) is 0.382. The molecule has 6 heteroatoms. The van der Waals surface area contributed by atoms with Gasteiger partial charge in [-0.3, -0.25) is 14.4 Å². The van der Waals surface area contributed by atoms with Crippen LogP contribution in [0.2, 0.25) is 0 Å². The molecule has 0 aliphatic rings. The van der Waals surface area contributed by atoms with E-state index in [9.17, 15) is 14.4 Å². The molecule has 0 saturated carbocycles. The number of para-hydroxylation sites is 2. The van der Waals surface area contributed by atoms with Gasteiger partial charge in [0.2, 0.25) is 5.91 Å². The van der Waals surface area contributed by atoms with Crippen molar-refractivity contribution in [1.82, 2.24) is 0 Å². The zero-order valence-electron chi connectivity index (χ0n) is 17.3. The van der Waals surface area contributed by atoms with Crippen LogP contribution in [0.25, 0.3) is 0 Å². The maximum absolute atomic E-state index is 12.4. The van der Waals surface area contributed by atoms with Crippen molar-refractivity contribution in [2.24, 2.45) is 0 Å². The van der Waals surface area contributed by atoms with Crippen molar-refractivity contribution in [2.75, 3.05) is 17.2 Å². The third-order valence-electron chi connectivity index (χ3n) is 4.56. The summed E-state index contributed by atoms with van der Waals surface area (Å²) in [5, 5.41) is 5.67. The van der Waals surface area contributed by atoms with Crippen molar-refractivity contribution in [3.63, 3.8) is 0 Å². The molecule has 31 heavy (non-hydrogen) atoms. The van der Waals surface area contributed by atoms with Crippen LogP contribution in [0.5, 0.6) is 5.75 Å². The summed E-state index contributed by atoms with van der Waals surface area (Å²) in [5.41, 5.74) is 2.24. The predicted octanol–water partition coefficient (Wildman–Crippen LogP) is 4.94. The number of hydrogen-bond acceptors (Lipinski definition) is 4. The van der Waals surface area contributed by atoms with E-state index in [1.807, 2.05) is 6.07 Å². The summed E-state index contributed by atoms with van der Waals surface area (Å²) in [5.74, 6) is 0.242. The molecule has 158 valence electrons. The average molecular weight is 416 g/mol. The second-order valence-electron chi connectivity index (χ2n) is 6.95. The first-order chi connectivity index (χ1) is 15.0. The molecule has 2 N–H and O–H groups in total. The largest absolute Gasteiger partial charge is 0.494 e. The van der Waals surface area contributed by atoms with Gasteiger partial charge in [0.25, 0.3) is 5.91 Å². The molecule has 0 aliphatic heterocycles. The Labute approximate surface area is 181 Å². The number of ether oxygens (including phenoxy) is 1. The summed E-state index contributed by atoms with van der Waals surface area (Å²) in [7, 11) is 0. The van der Waals surface area contributed by atoms with Gasteiger partial charge >= 0.3 is 0 Å². The van der Waals surface area contributed by atoms with E-state index < -0.39 is 0 Å². The Bertz CT molecular complexity index is 1050. The Morgan fingerprint density at radius 3 is 2.00 bits per heavy atom. The summed E-state index contributed by atoms with van der Waals surface area (Å²) in [4.78, 5) is 36.0. The molecule has 2 amide bonds. The monoisotopic (exact) mass is 416 g/mol. The normalized spacial score (nSPS) is 10.2. The van der Waals surface area contributed by atoms with E-state index in [2.05, 4.69) is 10.6 Å². The third kappa shape index (κ3) is 6.54. The summed E-state index contributed by atoms with van der Waals surface area (Å²) in [6.07, 6.45) is 0.797. The number of amides is 2. The summed E-state index contributed by atoms with van der Waals surface area (Å²) in [6, 6.07) is 22.9. The van der Waals surface area contributed by atoms with Crippen LogP contribution in [0.4, 0.5) is 11.4 Å². The molecule has 0 heterocycles. The first-order valence-electron chi connectivity index (χ1n) is 10.0. The number of hydrogen-bond donors (Lipinski definition) is 2. The number of anilines is 2. The Morgan fingerprint density at radius 1 is 0.742 bits per heavy atom. The third-order valence-corrected chi connectivity index (χ3v) is 4.56. The fourth-order valence-electron chi connectivity index (χ4n) is 2.91. The summed E-state index contributed by atoms with van der Waals surface area (Å²) < 4.78 is 5.62. The van der Waals surface area contributed by atoms with Crippen LogP contribution < -0.4 is 15.4 Å². The Hall–Kier alpha value is -3.93. The maximum atomic E-state index is 12.4. The van der Waals surface area contributed by atoms with Crippen LogP contribution in [0, 0.1) is 0 Å². The van der Waals surface area contributed by atoms with E-state index in [4.69, 9.17) is 4.74 Å². The molecular formula is C25H24N2O4. The maximum Gasteiger partial charge on any atom is 0.255 e. The van der Waals surface area contributed by atoms with Crippen LogP contribution in [-0.4, -0.2) is 24.2 Å². The topological polar surface area (TPSA) is 84.5 Å². The van der Waals surface area contributed by atoms with E-state index >= 15 is 0 Å². The van der Waals surface area contributed by atoms with E-state index in [0.717, 1.165) is 0 Å². The lowest BCUT2D eigenvalue weighted by molar-refractivity contribution is -0.116. The molecule has 0 saturated heterocycles. The zero-order chi connectivity index (χ0) is 22.1. The first kappa shape index (κ1) is 21.8. The second kappa shape index (κ2) is 10.7. The van der Waals surface area contributed by atoms with Crippen LogP contribution in [-0.2, 0) is 4.79 Å². The highest BCUT2D eigenvalue weighted by Crippen LogP contribution is 2.22. The Morgan fingerprint density at radius 2 is 1.35 bits per heavy atom. The molecule has 0 bridgehead atoms. The number of ketones is 1. The molecule has 0 atom stereocenters. The van der Waals surface area contributed by atoms with Gasteiger partial charge in [-0.2, -0.15) is 0 Å². The fourth-order valence-corrected chi connectivity index (χ4v) is 2.91. The minimum Gasteiger partial charge on any atom is -0.494 e. The number of carbonyl (C=O) groups is 3. The van der Waals surface area contributed by atoms with E-state index in [1.54, 1.807) is 72.8 Å². The second-order valence-corrected chi connectivity index (χ2v) is 6.95. The highest BCUT2D eigenvalue weighted by atomic mass is 16.5. The van der Waals surface area contributed by atoms with Gasteiger partial charge in [-0.05, 0) is 61.9 Å². The first-order valence-corrected chi connectivity index (χ1v) is 10.0. The van der Waals surface area contributed by atoms with Crippen molar-refractivity contribution in [3.8, 4) is 5.75 Å². The van der Waals surface area contributed by atoms with Gasteiger partial charge in [-0.1, -0.05) is 30.3 Å². The van der Waals surface area contributed by atoms with Crippen molar-refractivity contribution in [2.45, 2.75) is 19.8 Å². The highest BCUT2D eigenvalue weighted by molar-refractivity contribution is 6.07. The number of benzene rings is 3. The van der Waals surface area contributed by atoms with Gasteiger partial charge in [0.05, 0.1) is 18.0 Å². The van der Waals surface area contributed by atoms with E-state index in [1.165, 1.54) is 6.92 Å². The SMILES string of the molecule is CC(=O)c1ccc(OCCCC(=O)Nc2ccccc2NC(=O)c2ccccc2)cc1. The molecule has 0 aromatic heterocycles. The zero-order valence-corrected chi connectivity index (χ0v) is 17.3. The lowest BCUT2D eigenvalue weighted by atomic mass is 10.1. The number of carbonyl (C=O) groups excluding carboxylic acids is 3. The lowest BCUT2D eigenvalue weighted by Crippen LogP contribution is -2.17. The van der Waals surface area contributed by atoms with Crippen molar-refractivity contribution >= 4 is 29.0 Å². The van der Waals surface area contributed by atoms with E-state index in [-0.39, 0.29) is 24.0 Å². The molecule has 3 aromatic carbocycles. The van der Waals surface area contributed by atoms with Crippen molar-refractivity contribution in [3.05, 3.63) is 90.0 Å². The Balaban J connectivity index is 1.48. The van der Waals surface area contributed by atoms with Gasteiger partial charge in [0, 0.05) is 17.5 Å². The summed E-state index contributed by atoms with van der Waals surface area (Å²) >= 11 is 0. The summed E-state index contributed by atoms with van der Waals surface area (Å²) in [6.45, 7) is 1.89. The van der Waals surface area contributed by atoms with Gasteiger partial charge in [0.15, 0.2) is 5.78 Å². The minimum atomic E-state index is -0.244. The molecule has 0 fully saturated rings. The molecule has 0 radical (unpaired) electrons. The smallest absolute Gasteiger partial charge is 0.255 e. The van der Waals surface area contributed by atoms with Gasteiger partial charge in [-0.25, -0.2) is 0 Å². The predicted molar refractivity (Wildman–Crippen MR) is 121 cm³/mol. The van der Waals surface area contributed by atoms with Gasteiger partial charge in [-0.15, -0.1) is 0 Å². The molecule has 0 unspecified atom stereocenters. The fraction of sp³-hybridized carbons (Fsp3) is 0.160. The molecular weight excluding hydrogens is 392 g/mol. The van der Waals surface area contributed by atoms with E-state index in [0.29, 0.717) is 41.3 Å². The van der Waals surface area contributed by atoms with Gasteiger partial charge in [0.1, 0.15) is 5.75 Å². The van der Waals surface area contributed by atoms with Crippen molar-refractivity contribution in [1.29, 1.82) is 0 Å². The minimum absolute atomic E-state index is 0.00320. The molecule has 0 spiro atoms. The lowest BCUT2D eigenvalue weighted by Gasteiger charge is -2.12. The number of rotatable bonds is 9. The van der Waals surface area contributed by atoms with Crippen LogP contribution >= 0.6 is 0 Å². The molecule has 6 nitrogen and oxygen atoms in total.